The van der Waals surface area contributed by atoms with Gasteiger partial charge in [-0.05, 0) is 23.8 Å². The first-order valence-electron chi connectivity index (χ1n) is 7.20. The second kappa shape index (κ2) is 8.09. The van der Waals surface area contributed by atoms with Crippen LogP contribution in [-0.4, -0.2) is 18.0 Å². The minimum atomic E-state index is -4.54. The van der Waals surface area contributed by atoms with Crippen molar-refractivity contribution in [3.05, 3.63) is 65.7 Å². The predicted molar refractivity (Wildman–Crippen MR) is 86.9 cm³/mol. The lowest BCUT2D eigenvalue weighted by atomic mass is 10.2. The summed E-state index contributed by atoms with van der Waals surface area (Å²) in [7, 11) is 0. The molecule has 0 bridgehead atoms. The summed E-state index contributed by atoms with van der Waals surface area (Å²) >= 11 is 0. The predicted octanol–water partition coefficient (Wildman–Crippen LogP) is 2.99. The third kappa shape index (κ3) is 5.76. The van der Waals surface area contributed by atoms with E-state index in [0.717, 1.165) is 23.8 Å². The zero-order valence-electron chi connectivity index (χ0n) is 12.9. The second-order valence-electron chi connectivity index (χ2n) is 4.98. The lowest BCUT2D eigenvalue weighted by Gasteiger charge is -2.09. The average molecular weight is 349 g/mol. The van der Waals surface area contributed by atoms with Gasteiger partial charge in [-0.3, -0.25) is 9.59 Å². The van der Waals surface area contributed by atoms with Crippen LogP contribution in [0.5, 0.6) is 0 Å². The molecule has 130 valence electrons. The molecule has 0 aliphatic carbocycles. The summed E-state index contributed by atoms with van der Waals surface area (Å²) in [6.45, 7) is 0. The number of carbonyl (C=O) groups excluding carboxylic acids is 2. The minimum absolute atomic E-state index is 0.136. The number of nitrogens with zero attached hydrogens (tertiary/aromatic N) is 1. The van der Waals surface area contributed by atoms with E-state index >= 15 is 0 Å². The fourth-order valence-corrected chi connectivity index (χ4v) is 1.88. The van der Waals surface area contributed by atoms with Crippen LogP contribution in [0, 0.1) is 0 Å². The van der Waals surface area contributed by atoms with Crippen molar-refractivity contribution in [3.63, 3.8) is 0 Å². The molecule has 5 nitrogen and oxygen atoms in total. The number of carbonyl (C=O) groups is 2. The molecule has 2 N–H and O–H groups in total. The molecule has 0 unspecified atom stereocenters. The van der Waals surface area contributed by atoms with Crippen molar-refractivity contribution in [1.82, 2.24) is 5.43 Å². The summed E-state index contributed by atoms with van der Waals surface area (Å²) in [4.78, 5) is 23.2. The lowest BCUT2D eigenvalue weighted by Crippen LogP contribution is -2.32. The highest BCUT2D eigenvalue weighted by Gasteiger charge is 2.30. The van der Waals surface area contributed by atoms with Gasteiger partial charge in [-0.25, -0.2) is 5.43 Å². The highest BCUT2D eigenvalue weighted by Crippen LogP contribution is 2.30. The van der Waals surface area contributed by atoms with Crippen LogP contribution in [-0.2, 0) is 22.2 Å². The van der Waals surface area contributed by atoms with Gasteiger partial charge >= 0.3 is 18.0 Å². The third-order valence-corrected chi connectivity index (χ3v) is 3.08. The van der Waals surface area contributed by atoms with E-state index in [-0.39, 0.29) is 5.69 Å². The smallest absolute Gasteiger partial charge is 0.318 e. The molecule has 0 atom stereocenters. The fraction of sp³-hybridized carbons (Fsp3) is 0.118. The quantitative estimate of drug-likeness (QED) is 0.506. The second-order valence-corrected chi connectivity index (χ2v) is 4.98. The molecular formula is C17H14F3N3O2. The van der Waals surface area contributed by atoms with E-state index in [9.17, 15) is 22.8 Å². The maximum absolute atomic E-state index is 12.6. The highest BCUT2D eigenvalue weighted by molar-refractivity contribution is 6.39. The monoisotopic (exact) mass is 349 g/mol. The van der Waals surface area contributed by atoms with Crippen molar-refractivity contribution < 1.29 is 22.8 Å². The van der Waals surface area contributed by atoms with Gasteiger partial charge in [-0.1, -0.05) is 36.4 Å². The van der Waals surface area contributed by atoms with Crippen LogP contribution >= 0.6 is 0 Å². The molecule has 0 heterocycles. The molecule has 0 radical (unpaired) electrons. The van der Waals surface area contributed by atoms with Gasteiger partial charge in [0, 0.05) is 18.3 Å². The minimum Gasteiger partial charge on any atom is -0.318 e. The van der Waals surface area contributed by atoms with Crippen molar-refractivity contribution in [2.75, 3.05) is 5.32 Å². The normalized spacial score (nSPS) is 11.3. The van der Waals surface area contributed by atoms with Gasteiger partial charge in [-0.15, -0.1) is 0 Å². The molecule has 0 aromatic heterocycles. The number of hydrogen-bond donors (Lipinski definition) is 2. The molecular weight excluding hydrogens is 335 g/mol. The van der Waals surface area contributed by atoms with Gasteiger partial charge in [0.05, 0.1) is 5.56 Å². The molecule has 8 heteroatoms. The van der Waals surface area contributed by atoms with Gasteiger partial charge in [0.25, 0.3) is 0 Å². The Morgan fingerprint density at radius 1 is 1.00 bits per heavy atom. The molecule has 0 saturated carbocycles. The molecule has 2 aromatic rings. The number of alkyl halides is 3. The SMILES string of the molecule is O=C(NN=CCc1ccccc1)C(=O)Nc1cccc(C(F)(F)F)c1. The summed E-state index contributed by atoms with van der Waals surface area (Å²) in [5.41, 5.74) is 1.92. The Hall–Kier alpha value is -3.16. The zero-order chi connectivity index (χ0) is 18.3. The van der Waals surface area contributed by atoms with Crippen LogP contribution < -0.4 is 10.7 Å². The van der Waals surface area contributed by atoms with Crippen molar-refractivity contribution in [1.29, 1.82) is 0 Å². The number of rotatable bonds is 4. The largest absolute Gasteiger partial charge is 0.416 e. The molecule has 2 amide bonds. The first-order chi connectivity index (χ1) is 11.9. The Bertz CT molecular complexity index is 774. The number of anilines is 1. The summed E-state index contributed by atoms with van der Waals surface area (Å²) in [5, 5.41) is 5.71. The molecule has 0 spiro atoms. The highest BCUT2D eigenvalue weighted by atomic mass is 19.4. The zero-order valence-corrected chi connectivity index (χ0v) is 12.9. The summed E-state index contributed by atoms with van der Waals surface area (Å²) in [6.07, 6.45) is -2.67. The molecule has 0 fully saturated rings. The lowest BCUT2D eigenvalue weighted by molar-refractivity contribution is -0.137. The van der Waals surface area contributed by atoms with E-state index in [0.29, 0.717) is 6.42 Å². The average Bonchev–Trinajstić information content (AvgIpc) is 2.59. The number of hydrogen-bond acceptors (Lipinski definition) is 3. The summed E-state index contributed by atoms with van der Waals surface area (Å²) in [6, 6.07) is 13.3. The number of benzene rings is 2. The third-order valence-electron chi connectivity index (χ3n) is 3.08. The van der Waals surface area contributed by atoms with Gasteiger partial charge in [0.15, 0.2) is 0 Å². The number of amides is 2. The Balaban J connectivity index is 1.87. The van der Waals surface area contributed by atoms with Gasteiger partial charge in [0.2, 0.25) is 0 Å². The van der Waals surface area contributed by atoms with Crippen LogP contribution in [0.1, 0.15) is 11.1 Å². The van der Waals surface area contributed by atoms with E-state index in [1.165, 1.54) is 12.3 Å². The summed E-state index contributed by atoms with van der Waals surface area (Å²) in [5.74, 6) is -2.20. The van der Waals surface area contributed by atoms with Crippen molar-refractivity contribution in [2.24, 2.45) is 5.10 Å². The first-order valence-corrected chi connectivity index (χ1v) is 7.20. The van der Waals surface area contributed by atoms with Crippen LogP contribution in [0.2, 0.25) is 0 Å². The number of halogens is 3. The topological polar surface area (TPSA) is 70.6 Å². The van der Waals surface area contributed by atoms with E-state index in [2.05, 4.69) is 10.4 Å². The van der Waals surface area contributed by atoms with Crippen LogP contribution in [0.4, 0.5) is 18.9 Å². The molecule has 2 aromatic carbocycles. The molecule has 2 rings (SSSR count). The van der Waals surface area contributed by atoms with Gasteiger partial charge in [-0.2, -0.15) is 18.3 Å². The van der Waals surface area contributed by atoms with E-state index in [4.69, 9.17) is 0 Å². The maximum atomic E-state index is 12.6. The Kier molecular flexibility index (Phi) is 5.89. The Labute approximate surface area is 141 Å². The van der Waals surface area contributed by atoms with Crippen molar-refractivity contribution >= 4 is 23.7 Å². The van der Waals surface area contributed by atoms with Gasteiger partial charge in [0.1, 0.15) is 0 Å². The standard InChI is InChI=1S/C17H14F3N3O2/c18-17(19,20)13-7-4-8-14(11-13)22-15(24)16(25)23-21-10-9-12-5-2-1-3-6-12/h1-8,10-11H,9H2,(H,22,24)(H,23,25). The van der Waals surface area contributed by atoms with E-state index < -0.39 is 23.6 Å². The van der Waals surface area contributed by atoms with Gasteiger partial charge < -0.3 is 5.32 Å². The Morgan fingerprint density at radius 2 is 1.72 bits per heavy atom. The molecule has 0 aliphatic rings. The fourth-order valence-electron chi connectivity index (χ4n) is 1.88. The number of nitrogens with one attached hydrogen (secondary N) is 2. The molecule has 0 aliphatic heterocycles. The van der Waals surface area contributed by atoms with Crippen LogP contribution in [0.25, 0.3) is 0 Å². The van der Waals surface area contributed by atoms with Crippen molar-refractivity contribution in [3.8, 4) is 0 Å². The Morgan fingerprint density at radius 3 is 2.40 bits per heavy atom. The van der Waals surface area contributed by atoms with Crippen LogP contribution in [0.3, 0.4) is 0 Å². The molecule has 25 heavy (non-hydrogen) atoms. The maximum Gasteiger partial charge on any atom is 0.416 e. The number of hydrazone groups is 1. The van der Waals surface area contributed by atoms with Crippen LogP contribution in [0.15, 0.2) is 59.7 Å². The van der Waals surface area contributed by atoms with E-state index in [1.54, 1.807) is 0 Å². The summed E-state index contributed by atoms with van der Waals surface area (Å²) < 4.78 is 37.8. The first kappa shape index (κ1) is 18.2. The van der Waals surface area contributed by atoms with Crippen molar-refractivity contribution in [2.45, 2.75) is 12.6 Å². The van der Waals surface area contributed by atoms with E-state index in [1.807, 2.05) is 35.8 Å². The molecule has 0 saturated heterocycles.